The van der Waals surface area contributed by atoms with Crippen molar-refractivity contribution >= 4 is 32.4 Å². The van der Waals surface area contributed by atoms with E-state index in [9.17, 15) is 13.2 Å². The maximum absolute atomic E-state index is 13.3. The lowest BCUT2D eigenvalue weighted by molar-refractivity contribution is 0.0994. The van der Waals surface area contributed by atoms with Gasteiger partial charge in [0.25, 0.3) is 5.91 Å². The molecule has 1 fully saturated rings. The summed E-state index contributed by atoms with van der Waals surface area (Å²) in [6.45, 7) is 5.07. The number of rotatable bonds is 5. The number of hydrogen-bond acceptors (Lipinski definition) is 5. The average Bonchev–Trinajstić information content (AvgIpc) is 2.96. The van der Waals surface area contributed by atoms with E-state index in [0.717, 1.165) is 11.1 Å². The van der Waals surface area contributed by atoms with Crippen LogP contribution in [0.5, 0.6) is 0 Å². The van der Waals surface area contributed by atoms with E-state index >= 15 is 0 Å². The first-order chi connectivity index (χ1) is 13.0. The van der Waals surface area contributed by atoms with Gasteiger partial charge in [-0.05, 0) is 25.1 Å². The molecule has 144 valence electrons. The molecular weight excluding hydrogens is 366 g/mol. The second kappa shape index (κ2) is 6.87. The predicted molar refractivity (Wildman–Crippen MR) is 104 cm³/mol. The zero-order chi connectivity index (χ0) is 19.2. The van der Waals surface area contributed by atoms with Gasteiger partial charge in [-0.25, -0.2) is 8.42 Å². The summed E-state index contributed by atoms with van der Waals surface area (Å²) in [7, 11) is -3.66. The molecule has 7 nitrogen and oxygen atoms in total. The molecule has 8 heteroatoms. The molecule has 0 spiro atoms. The van der Waals surface area contributed by atoms with Crippen LogP contribution in [0.3, 0.4) is 0 Å². The minimum Gasteiger partial charge on any atom is -0.395 e. The standard InChI is InChI=1S/C19H23N3O4S/c1-2-22-16-6-7-17(14-4-3-5-15(18(14)16)19(22)24)27(25,26)21-10-8-20(9-11-21)12-13-23/h3-7,23H,2,8-13H2,1H3. The van der Waals surface area contributed by atoms with Crippen molar-refractivity contribution in [2.24, 2.45) is 0 Å². The SMILES string of the molecule is CCN1C(=O)c2cccc3c(S(=O)(=O)N4CCN(CCO)CC4)ccc1c23. The summed E-state index contributed by atoms with van der Waals surface area (Å²) in [4.78, 5) is 16.6. The Morgan fingerprint density at radius 1 is 1.07 bits per heavy atom. The first kappa shape index (κ1) is 18.4. The molecule has 2 aromatic rings. The molecule has 0 saturated carbocycles. The molecule has 0 atom stereocenters. The molecule has 0 radical (unpaired) electrons. The van der Waals surface area contributed by atoms with Crippen molar-refractivity contribution in [2.75, 3.05) is 50.8 Å². The lowest BCUT2D eigenvalue weighted by Crippen LogP contribution is -2.49. The number of benzene rings is 2. The minimum absolute atomic E-state index is 0.0730. The van der Waals surface area contributed by atoms with Crippen LogP contribution < -0.4 is 4.90 Å². The predicted octanol–water partition coefficient (Wildman–Crippen LogP) is 1.12. The third kappa shape index (κ3) is 2.84. The summed E-state index contributed by atoms with van der Waals surface area (Å²) in [6, 6.07) is 8.65. The lowest BCUT2D eigenvalue weighted by Gasteiger charge is -2.33. The highest BCUT2D eigenvalue weighted by Gasteiger charge is 2.34. The number of carbonyl (C=O) groups excluding carboxylic acids is 1. The molecule has 2 aliphatic heterocycles. The fraction of sp³-hybridized carbons (Fsp3) is 0.421. The van der Waals surface area contributed by atoms with Crippen molar-refractivity contribution < 1.29 is 18.3 Å². The van der Waals surface area contributed by atoms with Gasteiger partial charge in [0.2, 0.25) is 10.0 Å². The molecule has 1 N–H and O–H groups in total. The van der Waals surface area contributed by atoms with E-state index in [1.165, 1.54) is 4.31 Å². The molecule has 1 amide bonds. The van der Waals surface area contributed by atoms with E-state index in [2.05, 4.69) is 4.90 Å². The third-order valence-electron chi connectivity index (χ3n) is 5.43. The van der Waals surface area contributed by atoms with Crippen molar-refractivity contribution in [1.82, 2.24) is 9.21 Å². The Morgan fingerprint density at radius 2 is 1.81 bits per heavy atom. The average molecular weight is 389 g/mol. The van der Waals surface area contributed by atoms with E-state index in [1.54, 1.807) is 35.2 Å². The Balaban J connectivity index is 1.75. The minimum atomic E-state index is -3.66. The van der Waals surface area contributed by atoms with E-state index in [0.29, 0.717) is 50.2 Å². The molecule has 1 saturated heterocycles. The van der Waals surface area contributed by atoms with Crippen molar-refractivity contribution in [1.29, 1.82) is 0 Å². The summed E-state index contributed by atoms with van der Waals surface area (Å²) in [5.74, 6) is -0.0785. The van der Waals surface area contributed by atoms with Crippen LogP contribution in [-0.2, 0) is 10.0 Å². The summed E-state index contributed by atoms with van der Waals surface area (Å²) in [5, 5.41) is 10.4. The van der Waals surface area contributed by atoms with Crippen molar-refractivity contribution in [3.8, 4) is 0 Å². The molecule has 0 bridgehead atoms. The van der Waals surface area contributed by atoms with Gasteiger partial charge in [-0.2, -0.15) is 4.31 Å². The first-order valence-corrected chi connectivity index (χ1v) is 10.6. The van der Waals surface area contributed by atoms with E-state index in [4.69, 9.17) is 5.11 Å². The van der Waals surface area contributed by atoms with Crippen LogP contribution in [0.2, 0.25) is 0 Å². The molecule has 0 aliphatic carbocycles. The van der Waals surface area contributed by atoms with E-state index < -0.39 is 10.0 Å². The van der Waals surface area contributed by atoms with Gasteiger partial charge in [0.1, 0.15) is 0 Å². The van der Waals surface area contributed by atoms with Crippen molar-refractivity contribution in [3.05, 3.63) is 35.9 Å². The van der Waals surface area contributed by atoms with Gasteiger partial charge in [-0.1, -0.05) is 12.1 Å². The first-order valence-electron chi connectivity index (χ1n) is 9.20. The third-order valence-corrected chi connectivity index (χ3v) is 7.38. The van der Waals surface area contributed by atoms with Crippen LogP contribution >= 0.6 is 0 Å². The quantitative estimate of drug-likeness (QED) is 0.829. The summed E-state index contributed by atoms with van der Waals surface area (Å²) >= 11 is 0. The number of nitrogens with zero attached hydrogens (tertiary/aromatic N) is 3. The number of piperazine rings is 1. The second-order valence-corrected chi connectivity index (χ2v) is 8.74. The highest BCUT2D eigenvalue weighted by Crippen LogP contribution is 2.40. The summed E-state index contributed by atoms with van der Waals surface area (Å²) < 4.78 is 28.1. The molecule has 2 aliphatic rings. The van der Waals surface area contributed by atoms with Crippen LogP contribution in [-0.4, -0.2) is 74.5 Å². The lowest BCUT2D eigenvalue weighted by atomic mass is 10.1. The maximum atomic E-state index is 13.3. The van der Waals surface area contributed by atoms with Gasteiger partial charge in [-0.3, -0.25) is 9.69 Å². The normalized spacial score (nSPS) is 18.6. The monoisotopic (exact) mass is 389 g/mol. The molecule has 0 aromatic heterocycles. The maximum Gasteiger partial charge on any atom is 0.258 e. The van der Waals surface area contributed by atoms with Crippen LogP contribution in [0.1, 0.15) is 17.3 Å². The summed E-state index contributed by atoms with van der Waals surface area (Å²) in [5.41, 5.74) is 1.34. The number of anilines is 1. The number of β-amino-alcohol motifs (C(OH)–C–C–N with tert-alkyl or cyclic N) is 1. The largest absolute Gasteiger partial charge is 0.395 e. The Bertz CT molecular complexity index is 997. The smallest absolute Gasteiger partial charge is 0.258 e. The summed E-state index contributed by atoms with van der Waals surface area (Å²) in [6.07, 6.45) is 0. The van der Waals surface area contributed by atoms with Crippen LogP contribution in [0.25, 0.3) is 10.8 Å². The fourth-order valence-corrected chi connectivity index (χ4v) is 5.64. The molecule has 0 unspecified atom stereocenters. The van der Waals surface area contributed by atoms with E-state index in [-0.39, 0.29) is 17.4 Å². The number of hydrogen-bond donors (Lipinski definition) is 1. The van der Waals surface area contributed by atoms with Gasteiger partial charge in [0, 0.05) is 55.6 Å². The highest BCUT2D eigenvalue weighted by atomic mass is 32.2. The molecule has 27 heavy (non-hydrogen) atoms. The number of aliphatic hydroxyl groups excluding tert-OH is 1. The number of sulfonamides is 1. The van der Waals surface area contributed by atoms with Crippen LogP contribution in [0.15, 0.2) is 35.2 Å². The zero-order valence-electron chi connectivity index (χ0n) is 15.3. The Morgan fingerprint density at radius 3 is 2.48 bits per heavy atom. The number of carbonyl (C=O) groups is 1. The molecule has 2 heterocycles. The Labute approximate surface area is 158 Å². The van der Waals surface area contributed by atoms with Gasteiger partial charge in [0.15, 0.2) is 0 Å². The topological polar surface area (TPSA) is 81.2 Å². The fourth-order valence-electron chi connectivity index (χ4n) is 4.03. The van der Waals surface area contributed by atoms with Gasteiger partial charge in [0.05, 0.1) is 17.2 Å². The van der Waals surface area contributed by atoms with Crippen molar-refractivity contribution in [3.63, 3.8) is 0 Å². The van der Waals surface area contributed by atoms with Crippen LogP contribution in [0, 0.1) is 0 Å². The van der Waals surface area contributed by atoms with Crippen LogP contribution in [0.4, 0.5) is 5.69 Å². The van der Waals surface area contributed by atoms with E-state index in [1.807, 2.05) is 6.92 Å². The Hall–Kier alpha value is -2.00. The number of amides is 1. The highest BCUT2D eigenvalue weighted by molar-refractivity contribution is 7.89. The van der Waals surface area contributed by atoms with Gasteiger partial charge >= 0.3 is 0 Å². The molecule has 4 rings (SSSR count). The Kier molecular flexibility index (Phi) is 4.67. The zero-order valence-corrected chi connectivity index (χ0v) is 16.1. The number of aliphatic hydroxyl groups is 1. The second-order valence-electron chi connectivity index (χ2n) is 6.83. The van der Waals surface area contributed by atoms with Gasteiger partial charge in [-0.15, -0.1) is 0 Å². The molecule has 2 aromatic carbocycles. The van der Waals surface area contributed by atoms with Gasteiger partial charge < -0.3 is 10.0 Å². The van der Waals surface area contributed by atoms with Crippen molar-refractivity contribution in [2.45, 2.75) is 11.8 Å². The molecular formula is C19H23N3O4S.